The lowest BCUT2D eigenvalue weighted by molar-refractivity contribution is 0.257. The monoisotopic (exact) mass is 262 g/mol. The van der Waals surface area contributed by atoms with Crippen molar-refractivity contribution in [2.24, 2.45) is 0 Å². The molecule has 0 bridgehead atoms. The average molecular weight is 262 g/mol. The third-order valence-electron chi connectivity index (χ3n) is 3.68. The predicted octanol–water partition coefficient (Wildman–Crippen LogP) is 3.24. The van der Waals surface area contributed by atoms with Crippen LogP contribution in [0.5, 0.6) is 0 Å². The normalized spacial score (nSPS) is 16.7. The van der Waals surface area contributed by atoms with Crippen LogP contribution in [0.25, 0.3) is 0 Å². The van der Waals surface area contributed by atoms with Crippen molar-refractivity contribution in [3.05, 3.63) is 34.8 Å². The Morgan fingerprint density at radius 1 is 1.37 bits per heavy atom. The second-order valence-corrected chi connectivity index (χ2v) is 5.53. The maximum absolute atomic E-state index is 5.97. The molecule has 0 radical (unpaired) electrons. The Morgan fingerprint density at radius 2 is 2.21 bits per heavy atom. The molecule has 0 spiro atoms. The number of furan rings is 1. The van der Waals surface area contributed by atoms with E-state index in [9.17, 15) is 0 Å². The fourth-order valence-corrected chi connectivity index (χ4v) is 2.40. The molecule has 0 saturated heterocycles. The molecule has 1 aliphatic rings. The van der Waals surface area contributed by atoms with E-state index < -0.39 is 0 Å². The Kier molecular flexibility index (Phi) is 5.23. The lowest BCUT2D eigenvalue weighted by atomic mass is 10.1. The SMILES string of the molecule is CCCNCc1oc(CN2CC=C(C)CC2)cc1C. The lowest BCUT2D eigenvalue weighted by Gasteiger charge is -2.23. The zero-order valence-corrected chi connectivity index (χ0v) is 12.5. The minimum absolute atomic E-state index is 0.846. The maximum atomic E-state index is 5.97. The first-order valence-corrected chi connectivity index (χ1v) is 7.36. The van der Waals surface area contributed by atoms with Crippen LogP contribution in [0.3, 0.4) is 0 Å². The molecule has 0 aromatic carbocycles. The van der Waals surface area contributed by atoms with Gasteiger partial charge in [-0.2, -0.15) is 0 Å². The molecule has 2 rings (SSSR count). The van der Waals surface area contributed by atoms with Crippen molar-refractivity contribution in [2.45, 2.75) is 46.7 Å². The highest BCUT2D eigenvalue weighted by Crippen LogP contribution is 2.18. The highest BCUT2D eigenvalue weighted by molar-refractivity contribution is 5.20. The van der Waals surface area contributed by atoms with Gasteiger partial charge in [-0.1, -0.05) is 18.6 Å². The summed E-state index contributed by atoms with van der Waals surface area (Å²) in [5, 5.41) is 3.40. The van der Waals surface area contributed by atoms with Crippen molar-refractivity contribution < 1.29 is 4.42 Å². The van der Waals surface area contributed by atoms with Crippen molar-refractivity contribution in [2.75, 3.05) is 19.6 Å². The molecule has 106 valence electrons. The van der Waals surface area contributed by atoms with Crippen molar-refractivity contribution >= 4 is 0 Å². The first kappa shape index (κ1) is 14.4. The van der Waals surface area contributed by atoms with Crippen LogP contribution in [0.2, 0.25) is 0 Å². The Labute approximate surface area is 116 Å². The molecule has 1 aromatic heterocycles. The number of nitrogens with zero attached hydrogens (tertiary/aromatic N) is 1. The molecular weight excluding hydrogens is 236 g/mol. The molecule has 1 N–H and O–H groups in total. The first-order valence-electron chi connectivity index (χ1n) is 7.36. The minimum atomic E-state index is 0.846. The summed E-state index contributed by atoms with van der Waals surface area (Å²) in [6, 6.07) is 2.19. The van der Waals surface area contributed by atoms with Gasteiger partial charge in [-0.05, 0) is 44.9 Å². The summed E-state index contributed by atoms with van der Waals surface area (Å²) in [7, 11) is 0. The zero-order chi connectivity index (χ0) is 13.7. The van der Waals surface area contributed by atoms with E-state index in [1.54, 1.807) is 0 Å². The van der Waals surface area contributed by atoms with Gasteiger partial charge in [0.2, 0.25) is 0 Å². The van der Waals surface area contributed by atoms with E-state index in [-0.39, 0.29) is 0 Å². The molecule has 0 saturated carbocycles. The standard InChI is InChI=1S/C16H26N2O/c1-4-7-17-11-16-14(3)10-15(19-16)12-18-8-5-13(2)6-9-18/h5,10,17H,4,6-9,11-12H2,1-3H3. The molecule has 0 amide bonds. The molecule has 0 fully saturated rings. The largest absolute Gasteiger partial charge is 0.463 e. The van der Waals surface area contributed by atoms with Crippen molar-refractivity contribution in [1.29, 1.82) is 0 Å². The average Bonchev–Trinajstić information content (AvgIpc) is 2.73. The Bertz CT molecular complexity index is 434. The van der Waals surface area contributed by atoms with Gasteiger partial charge in [0.15, 0.2) is 0 Å². The molecule has 1 aliphatic heterocycles. The third-order valence-corrected chi connectivity index (χ3v) is 3.68. The van der Waals surface area contributed by atoms with Gasteiger partial charge in [-0.15, -0.1) is 0 Å². The van der Waals surface area contributed by atoms with Crippen molar-refractivity contribution in [3.8, 4) is 0 Å². The maximum Gasteiger partial charge on any atom is 0.120 e. The number of nitrogens with one attached hydrogen (secondary N) is 1. The molecule has 2 heterocycles. The molecule has 1 aromatic rings. The summed E-state index contributed by atoms with van der Waals surface area (Å²) < 4.78 is 5.97. The second kappa shape index (κ2) is 6.92. The van der Waals surface area contributed by atoms with Crippen LogP contribution >= 0.6 is 0 Å². The van der Waals surface area contributed by atoms with Crippen LogP contribution in [-0.2, 0) is 13.1 Å². The van der Waals surface area contributed by atoms with E-state index in [1.165, 1.54) is 17.6 Å². The van der Waals surface area contributed by atoms with E-state index in [0.717, 1.165) is 50.7 Å². The molecule has 3 nitrogen and oxygen atoms in total. The third kappa shape index (κ3) is 4.22. The van der Waals surface area contributed by atoms with E-state index in [2.05, 4.69) is 43.1 Å². The van der Waals surface area contributed by atoms with Gasteiger partial charge in [0, 0.05) is 13.1 Å². The zero-order valence-electron chi connectivity index (χ0n) is 12.5. The highest BCUT2D eigenvalue weighted by Gasteiger charge is 2.13. The van der Waals surface area contributed by atoms with Gasteiger partial charge in [-0.25, -0.2) is 0 Å². The molecule has 0 atom stereocenters. The molecule has 3 heteroatoms. The smallest absolute Gasteiger partial charge is 0.120 e. The summed E-state index contributed by atoms with van der Waals surface area (Å²) in [6.07, 6.45) is 4.67. The van der Waals surface area contributed by atoms with Crippen LogP contribution in [-0.4, -0.2) is 24.5 Å². The second-order valence-electron chi connectivity index (χ2n) is 5.53. The van der Waals surface area contributed by atoms with Crippen LogP contribution in [0.4, 0.5) is 0 Å². The molecular formula is C16H26N2O. The van der Waals surface area contributed by atoms with Gasteiger partial charge in [0.25, 0.3) is 0 Å². The van der Waals surface area contributed by atoms with Gasteiger partial charge < -0.3 is 9.73 Å². The van der Waals surface area contributed by atoms with Crippen LogP contribution in [0.1, 0.15) is 43.8 Å². The van der Waals surface area contributed by atoms with Crippen LogP contribution in [0, 0.1) is 6.92 Å². The summed E-state index contributed by atoms with van der Waals surface area (Å²) in [5.74, 6) is 2.19. The number of rotatable bonds is 6. The van der Waals surface area contributed by atoms with E-state index in [4.69, 9.17) is 4.42 Å². The number of hydrogen-bond donors (Lipinski definition) is 1. The molecule has 0 unspecified atom stereocenters. The van der Waals surface area contributed by atoms with Crippen LogP contribution in [0.15, 0.2) is 22.1 Å². The topological polar surface area (TPSA) is 28.4 Å². The van der Waals surface area contributed by atoms with Gasteiger partial charge in [-0.3, -0.25) is 4.90 Å². The predicted molar refractivity (Wildman–Crippen MR) is 79.1 cm³/mol. The minimum Gasteiger partial charge on any atom is -0.463 e. The van der Waals surface area contributed by atoms with Crippen LogP contribution < -0.4 is 5.32 Å². The van der Waals surface area contributed by atoms with Crippen molar-refractivity contribution in [1.82, 2.24) is 10.2 Å². The summed E-state index contributed by atoms with van der Waals surface area (Å²) in [4.78, 5) is 2.44. The Hall–Kier alpha value is -1.06. The first-order chi connectivity index (χ1) is 9.19. The summed E-state index contributed by atoms with van der Waals surface area (Å²) in [5.41, 5.74) is 2.78. The Balaban J connectivity index is 1.89. The molecule has 19 heavy (non-hydrogen) atoms. The quantitative estimate of drug-likeness (QED) is 0.630. The fourth-order valence-electron chi connectivity index (χ4n) is 2.40. The summed E-state index contributed by atoms with van der Waals surface area (Å²) in [6.45, 7) is 11.5. The number of hydrogen-bond acceptors (Lipinski definition) is 3. The number of aryl methyl sites for hydroxylation is 1. The lowest BCUT2D eigenvalue weighted by Crippen LogP contribution is -2.27. The van der Waals surface area contributed by atoms with E-state index >= 15 is 0 Å². The van der Waals surface area contributed by atoms with Crippen molar-refractivity contribution in [3.63, 3.8) is 0 Å². The summed E-state index contributed by atoms with van der Waals surface area (Å²) >= 11 is 0. The highest BCUT2D eigenvalue weighted by atomic mass is 16.3. The van der Waals surface area contributed by atoms with Gasteiger partial charge in [0.05, 0.1) is 13.1 Å². The molecule has 0 aliphatic carbocycles. The Morgan fingerprint density at radius 3 is 2.89 bits per heavy atom. The fraction of sp³-hybridized carbons (Fsp3) is 0.625. The van der Waals surface area contributed by atoms with Gasteiger partial charge >= 0.3 is 0 Å². The van der Waals surface area contributed by atoms with E-state index in [0.29, 0.717) is 0 Å². The van der Waals surface area contributed by atoms with Gasteiger partial charge in [0.1, 0.15) is 11.5 Å². The van der Waals surface area contributed by atoms with E-state index in [1.807, 2.05) is 0 Å².